The second-order valence-electron chi connectivity index (χ2n) is 4.53. The lowest BCUT2D eigenvalue weighted by atomic mass is 10.00. The highest BCUT2D eigenvalue weighted by molar-refractivity contribution is 6.31. The largest absolute Gasteiger partial charge is 0.388 e. The summed E-state index contributed by atoms with van der Waals surface area (Å²) in [4.78, 5) is 0. The second kappa shape index (κ2) is 6.18. The topological polar surface area (TPSA) is 20.2 Å². The van der Waals surface area contributed by atoms with Gasteiger partial charge in [-0.15, -0.1) is 0 Å². The van der Waals surface area contributed by atoms with Gasteiger partial charge >= 0.3 is 0 Å². The highest BCUT2D eigenvalue weighted by atomic mass is 35.5. The quantitative estimate of drug-likeness (QED) is 0.883. The molecule has 0 aliphatic carbocycles. The lowest BCUT2D eigenvalue weighted by molar-refractivity contribution is 0.178. The molecule has 100 valence electrons. The fourth-order valence-electron chi connectivity index (χ4n) is 2.01. The Kier molecular flexibility index (Phi) is 4.56. The first-order valence-electron chi connectivity index (χ1n) is 6.31. The number of rotatable bonds is 4. The molecule has 0 saturated heterocycles. The molecule has 0 aromatic heterocycles. The SMILES string of the molecule is CCc1ccc(C(O)Cc2cccc(F)c2Cl)cc1. The second-order valence-corrected chi connectivity index (χ2v) is 4.91. The highest BCUT2D eigenvalue weighted by Crippen LogP contribution is 2.25. The van der Waals surface area contributed by atoms with Crippen molar-refractivity contribution in [3.8, 4) is 0 Å². The summed E-state index contributed by atoms with van der Waals surface area (Å²) in [5, 5.41) is 10.3. The number of benzene rings is 2. The van der Waals surface area contributed by atoms with Gasteiger partial charge in [0.25, 0.3) is 0 Å². The molecule has 1 nitrogen and oxygen atoms in total. The molecule has 0 radical (unpaired) electrons. The summed E-state index contributed by atoms with van der Waals surface area (Å²) in [5.41, 5.74) is 2.66. The van der Waals surface area contributed by atoms with E-state index in [1.807, 2.05) is 24.3 Å². The third-order valence-electron chi connectivity index (χ3n) is 3.22. The van der Waals surface area contributed by atoms with Gasteiger partial charge < -0.3 is 5.11 Å². The Labute approximate surface area is 117 Å². The van der Waals surface area contributed by atoms with E-state index in [-0.39, 0.29) is 5.02 Å². The van der Waals surface area contributed by atoms with Crippen molar-refractivity contribution in [1.29, 1.82) is 0 Å². The van der Waals surface area contributed by atoms with Gasteiger partial charge in [-0.25, -0.2) is 4.39 Å². The van der Waals surface area contributed by atoms with Gasteiger partial charge in [0.2, 0.25) is 0 Å². The Morgan fingerprint density at radius 2 is 1.84 bits per heavy atom. The predicted molar refractivity (Wildman–Crippen MR) is 75.9 cm³/mol. The molecule has 0 spiro atoms. The number of aliphatic hydroxyl groups excluding tert-OH is 1. The molecule has 2 aromatic rings. The Balaban J connectivity index is 2.15. The summed E-state index contributed by atoms with van der Waals surface area (Å²) in [6, 6.07) is 12.4. The molecular formula is C16H16ClFO. The minimum Gasteiger partial charge on any atom is -0.388 e. The van der Waals surface area contributed by atoms with Gasteiger partial charge in [0.15, 0.2) is 0 Å². The average Bonchev–Trinajstić information content (AvgIpc) is 2.44. The van der Waals surface area contributed by atoms with Crippen LogP contribution in [0.5, 0.6) is 0 Å². The van der Waals surface area contributed by atoms with Gasteiger partial charge in [-0.2, -0.15) is 0 Å². The molecule has 0 aliphatic rings. The fraction of sp³-hybridized carbons (Fsp3) is 0.250. The smallest absolute Gasteiger partial charge is 0.142 e. The van der Waals surface area contributed by atoms with Crippen LogP contribution in [-0.4, -0.2) is 5.11 Å². The van der Waals surface area contributed by atoms with Crippen LogP contribution in [0.1, 0.15) is 29.7 Å². The number of hydrogen-bond donors (Lipinski definition) is 1. The Bertz CT molecular complexity index is 551. The fourth-order valence-corrected chi connectivity index (χ4v) is 2.21. The van der Waals surface area contributed by atoms with Crippen LogP contribution < -0.4 is 0 Å². The third kappa shape index (κ3) is 3.34. The zero-order valence-electron chi connectivity index (χ0n) is 10.7. The molecule has 2 aromatic carbocycles. The molecule has 19 heavy (non-hydrogen) atoms. The molecule has 0 heterocycles. The van der Waals surface area contributed by atoms with E-state index in [4.69, 9.17) is 11.6 Å². The first kappa shape index (κ1) is 14.0. The Morgan fingerprint density at radius 3 is 2.47 bits per heavy atom. The maximum atomic E-state index is 13.3. The minimum atomic E-state index is -0.676. The zero-order valence-corrected chi connectivity index (χ0v) is 11.5. The maximum Gasteiger partial charge on any atom is 0.142 e. The number of halogens is 2. The van der Waals surface area contributed by atoms with Crippen molar-refractivity contribution >= 4 is 11.6 Å². The van der Waals surface area contributed by atoms with Crippen molar-refractivity contribution < 1.29 is 9.50 Å². The van der Waals surface area contributed by atoms with Crippen LogP contribution in [-0.2, 0) is 12.8 Å². The molecule has 1 N–H and O–H groups in total. The van der Waals surface area contributed by atoms with Crippen LogP contribution in [0.25, 0.3) is 0 Å². The first-order chi connectivity index (χ1) is 9.11. The van der Waals surface area contributed by atoms with Crippen molar-refractivity contribution in [2.75, 3.05) is 0 Å². The van der Waals surface area contributed by atoms with E-state index in [2.05, 4.69) is 6.92 Å². The zero-order chi connectivity index (χ0) is 13.8. The minimum absolute atomic E-state index is 0.0896. The van der Waals surface area contributed by atoms with Crippen LogP contribution in [0.15, 0.2) is 42.5 Å². The van der Waals surface area contributed by atoms with Crippen LogP contribution in [0.4, 0.5) is 4.39 Å². The van der Waals surface area contributed by atoms with Crippen LogP contribution in [0.2, 0.25) is 5.02 Å². The van der Waals surface area contributed by atoms with Crippen LogP contribution >= 0.6 is 11.6 Å². The predicted octanol–water partition coefficient (Wildman–Crippen LogP) is 4.32. The maximum absolute atomic E-state index is 13.3. The number of aryl methyl sites for hydroxylation is 1. The van der Waals surface area contributed by atoms with E-state index in [9.17, 15) is 9.50 Å². The molecule has 1 unspecified atom stereocenters. The molecule has 1 atom stereocenters. The van der Waals surface area contributed by atoms with E-state index in [0.29, 0.717) is 12.0 Å². The van der Waals surface area contributed by atoms with E-state index in [0.717, 1.165) is 12.0 Å². The molecule has 3 heteroatoms. The molecule has 0 amide bonds. The highest BCUT2D eigenvalue weighted by Gasteiger charge is 2.12. The van der Waals surface area contributed by atoms with Crippen LogP contribution in [0.3, 0.4) is 0 Å². The summed E-state index contributed by atoms with van der Waals surface area (Å²) in [6.07, 6.45) is 0.596. The van der Waals surface area contributed by atoms with Gasteiger partial charge in [-0.05, 0) is 29.2 Å². The van der Waals surface area contributed by atoms with E-state index in [1.54, 1.807) is 12.1 Å². The first-order valence-corrected chi connectivity index (χ1v) is 6.69. The van der Waals surface area contributed by atoms with E-state index >= 15 is 0 Å². The Morgan fingerprint density at radius 1 is 1.16 bits per heavy atom. The molecule has 2 rings (SSSR count). The molecule has 0 aliphatic heterocycles. The number of aliphatic hydroxyl groups is 1. The lowest BCUT2D eigenvalue weighted by Gasteiger charge is -2.13. The normalized spacial score (nSPS) is 12.4. The number of hydrogen-bond acceptors (Lipinski definition) is 1. The van der Waals surface area contributed by atoms with E-state index < -0.39 is 11.9 Å². The average molecular weight is 279 g/mol. The molecule has 0 saturated carbocycles. The van der Waals surface area contributed by atoms with Crippen molar-refractivity contribution in [2.24, 2.45) is 0 Å². The summed E-state index contributed by atoms with van der Waals surface area (Å²) in [6.45, 7) is 2.08. The van der Waals surface area contributed by atoms with Gasteiger partial charge in [0.1, 0.15) is 5.82 Å². The van der Waals surface area contributed by atoms with Crippen LogP contribution in [0, 0.1) is 5.82 Å². The monoisotopic (exact) mass is 278 g/mol. The van der Waals surface area contributed by atoms with Crippen molar-refractivity contribution in [3.63, 3.8) is 0 Å². The van der Waals surface area contributed by atoms with Gasteiger partial charge in [-0.1, -0.05) is 54.9 Å². The molecule has 0 fully saturated rings. The van der Waals surface area contributed by atoms with E-state index in [1.165, 1.54) is 11.6 Å². The van der Waals surface area contributed by atoms with Crippen molar-refractivity contribution in [3.05, 3.63) is 70.0 Å². The molecule has 0 bridgehead atoms. The van der Waals surface area contributed by atoms with Gasteiger partial charge in [-0.3, -0.25) is 0 Å². The standard InChI is InChI=1S/C16H16ClFO/c1-2-11-6-8-12(9-7-11)15(19)10-13-4-3-5-14(18)16(13)17/h3-9,15,19H,2,10H2,1H3. The third-order valence-corrected chi connectivity index (χ3v) is 3.64. The van der Waals surface area contributed by atoms with Crippen molar-refractivity contribution in [1.82, 2.24) is 0 Å². The summed E-state index contributed by atoms with van der Waals surface area (Å²) >= 11 is 5.89. The molecular weight excluding hydrogens is 263 g/mol. The summed E-state index contributed by atoms with van der Waals surface area (Å²) in [7, 11) is 0. The summed E-state index contributed by atoms with van der Waals surface area (Å²) < 4.78 is 13.3. The van der Waals surface area contributed by atoms with Gasteiger partial charge in [0.05, 0.1) is 11.1 Å². The van der Waals surface area contributed by atoms with Crippen molar-refractivity contribution in [2.45, 2.75) is 25.9 Å². The summed E-state index contributed by atoms with van der Waals surface area (Å²) in [5.74, 6) is -0.451. The van der Waals surface area contributed by atoms with Gasteiger partial charge in [0, 0.05) is 6.42 Å². The Hall–Kier alpha value is -1.38. The lowest BCUT2D eigenvalue weighted by Crippen LogP contribution is -2.03.